The summed E-state index contributed by atoms with van der Waals surface area (Å²) in [6.07, 6.45) is 3.03. The van der Waals surface area contributed by atoms with Gasteiger partial charge in [-0.1, -0.05) is 28.1 Å². The molecule has 5 heteroatoms. The maximum atomic E-state index is 12.1. The number of halogens is 1. The lowest BCUT2D eigenvalue weighted by atomic mass is 10.1. The zero-order valence-corrected chi connectivity index (χ0v) is 12.0. The summed E-state index contributed by atoms with van der Waals surface area (Å²) in [4.78, 5) is 16.0. The number of amides is 1. The fraction of sp³-hybridized carbons (Fsp3) is 0.143. The molecule has 1 unspecified atom stereocenters. The number of nitrogens with one attached hydrogen (secondary N) is 1. The second-order valence-electron chi connectivity index (χ2n) is 4.21. The minimum Gasteiger partial charge on any atom is -0.398 e. The summed E-state index contributed by atoms with van der Waals surface area (Å²) in [5, 5.41) is 2.90. The maximum absolute atomic E-state index is 12.1. The molecule has 0 aliphatic rings. The Labute approximate surface area is 120 Å². The summed E-state index contributed by atoms with van der Waals surface area (Å²) in [7, 11) is 0. The van der Waals surface area contributed by atoms with Crippen molar-refractivity contribution in [2.24, 2.45) is 0 Å². The van der Waals surface area contributed by atoms with E-state index in [1.165, 1.54) is 6.20 Å². The van der Waals surface area contributed by atoms with Gasteiger partial charge in [-0.2, -0.15) is 0 Å². The zero-order chi connectivity index (χ0) is 13.8. The van der Waals surface area contributed by atoms with Crippen LogP contribution in [-0.4, -0.2) is 10.9 Å². The van der Waals surface area contributed by atoms with Crippen LogP contribution in [0.3, 0.4) is 0 Å². The van der Waals surface area contributed by atoms with Crippen molar-refractivity contribution in [3.8, 4) is 0 Å². The van der Waals surface area contributed by atoms with E-state index in [1.807, 2.05) is 31.2 Å². The van der Waals surface area contributed by atoms with Crippen molar-refractivity contribution >= 4 is 27.5 Å². The number of pyridine rings is 1. The SMILES string of the molecule is CC(NC(=O)c1cnccc1N)c1cccc(Br)c1. The molecule has 0 spiro atoms. The monoisotopic (exact) mass is 319 g/mol. The largest absolute Gasteiger partial charge is 0.398 e. The first-order valence-corrected chi connectivity index (χ1v) is 6.63. The van der Waals surface area contributed by atoms with Crippen LogP contribution in [0.5, 0.6) is 0 Å². The lowest BCUT2D eigenvalue weighted by molar-refractivity contribution is 0.0940. The summed E-state index contributed by atoms with van der Waals surface area (Å²) in [5.74, 6) is -0.224. The molecule has 0 saturated heterocycles. The third-order valence-corrected chi connectivity index (χ3v) is 3.29. The summed E-state index contributed by atoms with van der Waals surface area (Å²) < 4.78 is 0.979. The van der Waals surface area contributed by atoms with Crippen molar-refractivity contribution in [1.29, 1.82) is 0 Å². The summed E-state index contributed by atoms with van der Waals surface area (Å²) >= 11 is 3.41. The molecule has 98 valence electrons. The van der Waals surface area contributed by atoms with Crippen molar-refractivity contribution in [1.82, 2.24) is 10.3 Å². The summed E-state index contributed by atoms with van der Waals surface area (Å²) in [6.45, 7) is 1.92. The van der Waals surface area contributed by atoms with E-state index < -0.39 is 0 Å². The molecule has 2 aromatic rings. The van der Waals surface area contributed by atoms with Crippen LogP contribution in [0, 0.1) is 0 Å². The Morgan fingerprint density at radius 3 is 2.89 bits per heavy atom. The van der Waals surface area contributed by atoms with Crippen LogP contribution in [0.25, 0.3) is 0 Å². The van der Waals surface area contributed by atoms with Crippen LogP contribution in [0.15, 0.2) is 47.2 Å². The molecule has 1 amide bonds. The van der Waals surface area contributed by atoms with Gasteiger partial charge in [0.1, 0.15) is 0 Å². The van der Waals surface area contributed by atoms with Crippen LogP contribution in [0.4, 0.5) is 5.69 Å². The Balaban J connectivity index is 2.13. The molecule has 4 nitrogen and oxygen atoms in total. The number of aromatic nitrogens is 1. The number of nitrogen functional groups attached to an aromatic ring is 1. The second-order valence-corrected chi connectivity index (χ2v) is 5.13. The molecule has 0 aliphatic heterocycles. The van der Waals surface area contributed by atoms with Gasteiger partial charge in [-0.15, -0.1) is 0 Å². The molecule has 0 fully saturated rings. The van der Waals surface area contributed by atoms with Gasteiger partial charge in [0.2, 0.25) is 0 Å². The van der Waals surface area contributed by atoms with Crippen molar-refractivity contribution in [2.75, 3.05) is 5.73 Å². The second kappa shape index (κ2) is 5.84. The van der Waals surface area contributed by atoms with E-state index in [-0.39, 0.29) is 11.9 Å². The molecule has 1 aromatic carbocycles. The maximum Gasteiger partial charge on any atom is 0.255 e. The van der Waals surface area contributed by atoms with Crippen molar-refractivity contribution in [3.63, 3.8) is 0 Å². The van der Waals surface area contributed by atoms with Gasteiger partial charge in [0, 0.05) is 22.6 Å². The predicted octanol–water partition coefficient (Wildman–Crippen LogP) is 2.92. The van der Waals surface area contributed by atoms with Gasteiger partial charge >= 0.3 is 0 Å². The average molecular weight is 320 g/mol. The predicted molar refractivity (Wildman–Crippen MR) is 78.7 cm³/mol. The molecular weight excluding hydrogens is 306 g/mol. The van der Waals surface area contributed by atoms with Gasteiger partial charge in [-0.05, 0) is 30.7 Å². The zero-order valence-electron chi connectivity index (χ0n) is 10.4. The molecule has 1 aromatic heterocycles. The Morgan fingerprint density at radius 2 is 2.21 bits per heavy atom. The minimum absolute atomic E-state index is 0.107. The van der Waals surface area contributed by atoms with Gasteiger partial charge in [-0.3, -0.25) is 9.78 Å². The summed E-state index contributed by atoms with van der Waals surface area (Å²) in [6, 6.07) is 9.31. The van der Waals surface area contributed by atoms with E-state index >= 15 is 0 Å². The number of rotatable bonds is 3. The van der Waals surface area contributed by atoms with Crippen LogP contribution >= 0.6 is 15.9 Å². The van der Waals surface area contributed by atoms with Crippen molar-refractivity contribution < 1.29 is 4.79 Å². The van der Waals surface area contributed by atoms with Gasteiger partial charge < -0.3 is 11.1 Å². The lowest BCUT2D eigenvalue weighted by Crippen LogP contribution is -2.27. The Morgan fingerprint density at radius 1 is 1.42 bits per heavy atom. The highest BCUT2D eigenvalue weighted by atomic mass is 79.9. The quantitative estimate of drug-likeness (QED) is 0.914. The van der Waals surface area contributed by atoms with Gasteiger partial charge in [0.05, 0.1) is 11.6 Å². The highest BCUT2D eigenvalue weighted by Crippen LogP contribution is 2.19. The molecule has 2 rings (SSSR count). The molecule has 1 heterocycles. The number of carbonyl (C=O) groups excluding carboxylic acids is 1. The standard InChI is InChI=1S/C14H14BrN3O/c1-9(10-3-2-4-11(15)7-10)18-14(19)12-8-17-6-5-13(12)16/h2-9H,1H3,(H2,16,17)(H,18,19). The molecule has 0 bridgehead atoms. The third kappa shape index (κ3) is 3.32. The molecule has 0 saturated carbocycles. The van der Waals surface area contributed by atoms with Gasteiger partial charge in [0.25, 0.3) is 5.91 Å². The van der Waals surface area contributed by atoms with Crippen molar-refractivity contribution in [2.45, 2.75) is 13.0 Å². The van der Waals surface area contributed by atoms with Gasteiger partial charge in [0.15, 0.2) is 0 Å². The number of carbonyl (C=O) groups is 1. The normalized spacial score (nSPS) is 11.9. The van der Waals surface area contributed by atoms with E-state index in [1.54, 1.807) is 12.3 Å². The fourth-order valence-corrected chi connectivity index (χ4v) is 2.15. The van der Waals surface area contributed by atoms with E-state index in [2.05, 4.69) is 26.2 Å². The fourth-order valence-electron chi connectivity index (χ4n) is 1.73. The number of benzene rings is 1. The summed E-state index contributed by atoms with van der Waals surface area (Å²) in [5.41, 5.74) is 7.59. The molecule has 19 heavy (non-hydrogen) atoms. The number of nitrogens with zero attached hydrogens (tertiary/aromatic N) is 1. The number of hydrogen-bond donors (Lipinski definition) is 2. The molecule has 0 aliphatic carbocycles. The lowest BCUT2D eigenvalue weighted by Gasteiger charge is -2.15. The van der Waals surface area contributed by atoms with Crippen molar-refractivity contribution in [3.05, 3.63) is 58.3 Å². The van der Waals surface area contributed by atoms with E-state index in [0.29, 0.717) is 11.3 Å². The Hall–Kier alpha value is -1.88. The molecule has 1 atom stereocenters. The van der Waals surface area contributed by atoms with E-state index in [4.69, 9.17) is 5.73 Å². The highest BCUT2D eigenvalue weighted by Gasteiger charge is 2.13. The Bertz CT molecular complexity index is 601. The third-order valence-electron chi connectivity index (χ3n) is 2.80. The van der Waals surface area contributed by atoms with Crippen LogP contribution in [-0.2, 0) is 0 Å². The first kappa shape index (κ1) is 13.5. The number of hydrogen-bond acceptors (Lipinski definition) is 3. The van der Waals surface area contributed by atoms with Gasteiger partial charge in [-0.25, -0.2) is 0 Å². The number of nitrogens with two attached hydrogens (primary N) is 1. The Kier molecular flexibility index (Phi) is 4.16. The van der Waals surface area contributed by atoms with E-state index in [9.17, 15) is 4.79 Å². The topological polar surface area (TPSA) is 68.0 Å². The molecular formula is C14H14BrN3O. The average Bonchev–Trinajstić information content (AvgIpc) is 2.39. The molecule has 3 N–H and O–H groups in total. The smallest absolute Gasteiger partial charge is 0.255 e. The number of anilines is 1. The molecule has 0 radical (unpaired) electrons. The first-order chi connectivity index (χ1) is 9.08. The van der Waals surface area contributed by atoms with Crippen LogP contribution in [0.1, 0.15) is 28.9 Å². The van der Waals surface area contributed by atoms with Crippen LogP contribution in [0.2, 0.25) is 0 Å². The van der Waals surface area contributed by atoms with E-state index in [0.717, 1.165) is 10.0 Å². The van der Waals surface area contributed by atoms with Crippen LogP contribution < -0.4 is 11.1 Å². The highest BCUT2D eigenvalue weighted by molar-refractivity contribution is 9.10. The first-order valence-electron chi connectivity index (χ1n) is 5.83. The minimum atomic E-state index is -0.224.